The van der Waals surface area contributed by atoms with Gasteiger partial charge in [0.15, 0.2) is 5.79 Å². The van der Waals surface area contributed by atoms with Crippen LogP contribution in [-0.2, 0) is 30.3 Å². The number of amides is 2. The van der Waals surface area contributed by atoms with Crippen LogP contribution in [-0.4, -0.2) is 55.3 Å². The van der Waals surface area contributed by atoms with Crippen molar-refractivity contribution in [2.75, 3.05) is 19.8 Å². The van der Waals surface area contributed by atoms with Gasteiger partial charge >= 0.3 is 11.9 Å². The predicted molar refractivity (Wildman–Crippen MR) is 131 cm³/mol. The molecular formula is C25H35N5O6. The summed E-state index contributed by atoms with van der Waals surface area (Å²) in [5, 5.41) is 11.7. The summed E-state index contributed by atoms with van der Waals surface area (Å²) in [6.45, 7) is 6.11. The largest absolute Gasteiger partial charge is 0.466 e. The van der Waals surface area contributed by atoms with E-state index in [1.165, 1.54) is 0 Å². The molecule has 11 nitrogen and oxygen atoms in total. The van der Waals surface area contributed by atoms with Crippen molar-refractivity contribution in [3.05, 3.63) is 46.8 Å². The first-order valence-electron chi connectivity index (χ1n) is 12.2. The summed E-state index contributed by atoms with van der Waals surface area (Å²) in [5.74, 6) is -1.91. The van der Waals surface area contributed by atoms with Crippen molar-refractivity contribution < 1.29 is 28.7 Å². The smallest absolute Gasteiger partial charge is 0.328 e. The van der Waals surface area contributed by atoms with Gasteiger partial charge in [0.2, 0.25) is 0 Å². The van der Waals surface area contributed by atoms with E-state index in [2.05, 4.69) is 21.3 Å². The minimum Gasteiger partial charge on any atom is -0.466 e. The number of benzene rings is 1. The highest BCUT2D eigenvalue weighted by Crippen LogP contribution is 2.27. The van der Waals surface area contributed by atoms with E-state index in [1.54, 1.807) is 32.9 Å². The van der Waals surface area contributed by atoms with Gasteiger partial charge in [0.1, 0.15) is 11.9 Å². The molecule has 0 spiro atoms. The first kappa shape index (κ1) is 27.0. The van der Waals surface area contributed by atoms with Crippen molar-refractivity contribution in [1.29, 1.82) is 0 Å². The van der Waals surface area contributed by atoms with Gasteiger partial charge < -0.3 is 30.7 Å². The van der Waals surface area contributed by atoms with E-state index in [4.69, 9.17) is 15.2 Å². The fourth-order valence-corrected chi connectivity index (χ4v) is 4.27. The van der Waals surface area contributed by atoms with Crippen LogP contribution in [0.15, 0.2) is 35.7 Å². The van der Waals surface area contributed by atoms with Crippen molar-refractivity contribution in [3.63, 3.8) is 0 Å². The maximum absolute atomic E-state index is 12.7. The van der Waals surface area contributed by atoms with Gasteiger partial charge in [0, 0.05) is 24.4 Å². The van der Waals surface area contributed by atoms with Crippen LogP contribution in [0.4, 0.5) is 0 Å². The number of nitrogens with one attached hydrogen (secondary N) is 4. The highest BCUT2D eigenvalue weighted by Gasteiger charge is 2.39. The van der Waals surface area contributed by atoms with E-state index < -0.39 is 29.7 Å². The van der Waals surface area contributed by atoms with Crippen molar-refractivity contribution >= 4 is 23.8 Å². The molecule has 2 aliphatic rings. The SMILES string of the molecule is CCOC(=O)CC[C@H](NC(=O)c1ccc(CCC2CNC3=C2C(=O)NC(C)(N)N3)cc1)C(=O)OCC. The number of carbonyl (C=O) groups excluding carboxylic acids is 4. The van der Waals surface area contributed by atoms with Crippen LogP contribution in [0.3, 0.4) is 0 Å². The van der Waals surface area contributed by atoms with Crippen molar-refractivity contribution in [2.45, 2.75) is 58.3 Å². The number of esters is 2. The van der Waals surface area contributed by atoms with Crippen LogP contribution >= 0.6 is 0 Å². The number of hydrogen-bond donors (Lipinski definition) is 5. The molecule has 3 atom stereocenters. The van der Waals surface area contributed by atoms with Crippen LogP contribution < -0.4 is 27.0 Å². The molecule has 0 radical (unpaired) electrons. The predicted octanol–water partition coefficient (Wildman–Crippen LogP) is 0.407. The van der Waals surface area contributed by atoms with Crippen LogP contribution in [0.5, 0.6) is 0 Å². The summed E-state index contributed by atoms with van der Waals surface area (Å²) in [7, 11) is 0. The quantitative estimate of drug-likeness (QED) is 0.270. The lowest BCUT2D eigenvalue weighted by Gasteiger charge is -2.34. The summed E-state index contributed by atoms with van der Waals surface area (Å²) in [5.41, 5.74) is 8.06. The van der Waals surface area contributed by atoms with Crippen LogP contribution in [0.1, 0.15) is 56.0 Å². The third-order valence-electron chi connectivity index (χ3n) is 6.02. The Labute approximate surface area is 210 Å². The molecule has 36 heavy (non-hydrogen) atoms. The maximum atomic E-state index is 12.7. The van der Waals surface area contributed by atoms with Crippen molar-refractivity contribution in [2.24, 2.45) is 11.7 Å². The Morgan fingerprint density at radius 1 is 1.14 bits per heavy atom. The molecule has 0 aliphatic carbocycles. The fourth-order valence-electron chi connectivity index (χ4n) is 4.27. The fraction of sp³-hybridized carbons (Fsp3) is 0.520. The lowest BCUT2D eigenvalue weighted by Crippen LogP contribution is -2.66. The van der Waals surface area contributed by atoms with Gasteiger partial charge in [0.05, 0.1) is 18.8 Å². The summed E-state index contributed by atoms with van der Waals surface area (Å²) in [4.78, 5) is 49.2. The second-order valence-corrected chi connectivity index (χ2v) is 9.01. The number of ether oxygens (including phenoxy) is 2. The number of nitrogens with two attached hydrogens (primary N) is 1. The number of aryl methyl sites for hydroxylation is 1. The lowest BCUT2D eigenvalue weighted by molar-refractivity contribution is -0.146. The molecule has 6 N–H and O–H groups in total. The van der Waals surface area contributed by atoms with Gasteiger partial charge in [-0.15, -0.1) is 0 Å². The molecule has 0 bridgehead atoms. The van der Waals surface area contributed by atoms with Gasteiger partial charge in [-0.25, -0.2) is 4.79 Å². The summed E-state index contributed by atoms with van der Waals surface area (Å²) < 4.78 is 9.93. The Kier molecular flexibility index (Phi) is 8.92. The molecule has 196 valence electrons. The van der Waals surface area contributed by atoms with Crippen LogP contribution in [0.2, 0.25) is 0 Å². The molecule has 2 amide bonds. The minimum absolute atomic E-state index is 0.0111. The molecule has 11 heteroatoms. The molecule has 2 heterocycles. The second kappa shape index (κ2) is 11.9. The Hall–Kier alpha value is -3.60. The van der Waals surface area contributed by atoms with Gasteiger partial charge in [-0.1, -0.05) is 12.1 Å². The molecule has 0 saturated heterocycles. The standard InChI is InChI=1S/C25H35N5O6/c1-4-35-19(31)13-12-18(24(34)36-5-2)28-22(32)16-9-6-15(7-10-16)8-11-17-14-27-21-20(17)23(33)30-25(3,26)29-21/h6-7,9-10,17-18,27,29H,4-5,8,11-14,26H2,1-3H3,(H,28,32)(H,30,33)/t17?,18-,25?/m0/s1. The van der Waals surface area contributed by atoms with E-state index in [-0.39, 0.29) is 37.9 Å². The zero-order valence-electron chi connectivity index (χ0n) is 20.9. The Balaban J connectivity index is 1.56. The van der Waals surface area contributed by atoms with Crippen LogP contribution in [0, 0.1) is 5.92 Å². The molecule has 1 aromatic carbocycles. The molecule has 0 aromatic heterocycles. The van der Waals surface area contributed by atoms with E-state index in [0.29, 0.717) is 29.9 Å². The zero-order chi connectivity index (χ0) is 26.3. The molecule has 1 aromatic rings. The number of rotatable bonds is 11. The van der Waals surface area contributed by atoms with Crippen molar-refractivity contribution in [1.82, 2.24) is 21.3 Å². The molecule has 3 rings (SSSR count). The summed E-state index contributed by atoms with van der Waals surface area (Å²) in [6, 6.07) is 6.11. The molecule has 0 fully saturated rings. The molecule has 2 unspecified atom stereocenters. The summed E-state index contributed by atoms with van der Waals surface area (Å²) >= 11 is 0. The summed E-state index contributed by atoms with van der Waals surface area (Å²) in [6.07, 6.45) is 1.53. The van der Waals surface area contributed by atoms with Gasteiger partial charge in [0.25, 0.3) is 11.8 Å². The first-order valence-corrected chi connectivity index (χ1v) is 12.2. The third kappa shape index (κ3) is 6.97. The molecule has 2 aliphatic heterocycles. The molecular weight excluding hydrogens is 466 g/mol. The average molecular weight is 502 g/mol. The van der Waals surface area contributed by atoms with E-state index in [0.717, 1.165) is 12.0 Å². The number of hydrogen-bond acceptors (Lipinski definition) is 9. The Bertz CT molecular complexity index is 1020. The Morgan fingerprint density at radius 3 is 2.50 bits per heavy atom. The van der Waals surface area contributed by atoms with Gasteiger partial charge in [-0.2, -0.15) is 0 Å². The molecule has 0 saturated carbocycles. The van der Waals surface area contributed by atoms with E-state index in [1.807, 2.05) is 12.1 Å². The van der Waals surface area contributed by atoms with Gasteiger partial charge in [-0.3, -0.25) is 20.1 Å². The highest BCUT2D eigenvalue weighted by atomic mass is 16.5. The van der Waals surface area contributed by atoms with Crippen molar-refractivity contribution in [3.8, 4) is 0 Å². The topological polar surface area (TPSA) is 161 Å². The minimum atomic E-state index is -0.987. The second-order valence-electron chi connectivity index (χ2n) is 9.01. The van der Waals surface area contributed by atoms with E-state index in [9.17, 15) is 19.2 Å². The average Bonchev–Trinajstić information content (AvgIpc) is 3.22. The lowest BCUT2D eigenvalue weighted by atomic mass is 9.92. The van der Waals surface area contributed by atoms with Crippen LogP contribution in [0.25, 0.3) is 0 Å². The van der Waals surface area contributed by atoms with Gasteiger partial charge in [-0.05, 0) is 57.7 Å². The first-order chi connectivity index (χ1) is 17.1. The van der Waals surface area contributed by atoms with E-state index >= 15 is 0 Å². The maximum Gasteiger partial charge on any atom is 0.328 e. The number of carbonyl (C=O) groups is 4. The monoisotopic (exact) mass is 501 g/mol. The normalized spacial score (nSPS) is 21.4. The highest BCUT2D eigenvalue weighted by molar-refractivity contribution is 5.97. The Morgan fingerprint density at radius 2 is 1.83 bits per heavy atom. The zero-order valence-corrected chi connectivity index (χ0v) is 20.9. The third-order valence-corrected chi connectivity index (χ3v) is 6.02.